The summed E-state index contributed by atoms with van der Waals surface area (Å²) in [5, 5.41) is 4.12. The Hall–Kier alpha value is -4.07. The van der Waals surface area contributed by atoms with Gasteiger partial charge in [0.25, 0.3) is 0 Å². The monoisotopic (exact) mass is 476 g/mol. The molecule has 4 rings (SSSR count). The maximum Gasteiger partial charge on any atom is 0.408 e. The second-order valence-corrected chi connectivity index (χ2v) is 9.57. The molecular weight excluding hydrogens is 448 g/mol. The normalized spacial score (nSPS) is 12.5. The molecule has 1 amide bonds. The summed E-state index contributed by atoms with van der Waals surface area (Å²) in [7, 11) is 0. The maximum absolute atomic E-state index is 13.4. The van der Waals surface area contributed by atoms with Gasteiger partial charge in [-0.15, -0.1) is 0 Å². The van der Waals surface area contributed by atoms with Gasteiger partial charge >= 0.3 is 17.7 Å². The van der Waals surface area contributed by atoms with Gasteiger partial charge in [-0.25, -0.2) is 14.4 Å². The molecule has 2 aromatic heterocycles. The number of fused-ring (bicyclic) bond motifs is 2. The molecule has 2 heterocycles. The van der Waals surface area contributed by atoms with E-state index in [0.717, 1.165) is 22.0 Å². The lowest BCUT2D eigenvalue weighted by molar-refractivity contribution is -0.136. The summed E-state index contributed by atoms with van der Waals surface area (Å²) in [5.41, 5.74) is 2.24. The SMILES string of the molecule is Cc1cc(OC(=O)C(Cc2c[nH]c3ccccc23)NC(=O)OC(C)(C)C)c2c(C)cc(=O)oc2c1. The Morgan fingerprint density at radius 2 is 1.86 bits per heavy atom. The minimum Gasteiger partial charge on any atom is -0.444 e. The molecule has 0 aliphatic heterocycles. The molecule has 1 unspecified atom stereocenters. The third-order valence-electron chi connectivity index (χ3n) is 5.43. The lowest BCUT2D eigenvalue weighted by Gasteiger charge is -2.23. The van der Waals surface area contributed by atoms with Crippen LogP contribution in [0.15, 0.2) is 57.9 Å². The summed E-state index contributed by atoms with van der Waals surface area (Å²) in [4.78, 5) is 41.0. The van der Waals surface area contributed by atoms with Crippen molar-refractivity contribution in [2.45, 2.75) is 52.7 Å². The number of carbonyl (C=O) groups excluding carboxylic acids is 2. The van der Waals surface area contributed by atoms with Gasteiger partial charge in [-0.2, -0.15) is 0 Å². The zero-order valence-electron chi connectivity index (χ0n) is 20.4. The number of para-hydroxylation sites is 1. The van der Waals surface area contributed by atoms with Crippen LogP contribution in [-0.4, -0.2) is 28.7 Å². The van der Waals surface area contributed by atoms with Gasteiger partial charge in [0, 0.05) is 29.6 Å². The standard InChI is InChI=1S/C27H28N2O6/c1-15-10-21-24(16(2)12-23(30)33-21)22(11-15)34-25(31)20(29-26(32)35-27(3,4)5)13-17-14-28-19-9-7-6-8-18(17)19/h6-12,14,20,28H,13H2,1-5H3,(H,29,32). The number of nitrogens with one attached hydrogen (secondary N) is 2. The van der Waals surface area contributed by atoms with E-state index in [2.05, 4.69) is 10.3 Å². The van der Waals surface area contributed by atoms with Crippen LogP contribution < -0.4 is 15.7 Å². The number of benzene rings is 2. The number of ether oxygens (including phenoxy) is 2. The molecule has 0 saturated heterocycles. The third kappa shape index (κ3) is 5.54. The van der Waals surface area contributed by atoms with E-state index < -0.39 is 29.3 Å². The molecule has 0 spiro atoms. The summed E-state index contributed by atoms with van der Waals surface area (Å²) in [6.45, 7) is 8.79. The molecule has 0 bridgehead atoms. The second kappa shape index (κ2) is 9.29. The number of alkyl carbamates (subject to hydrolysis) is 1. The first-order valence-electron chi connectivity index (χ1n) is 11.3. The van der Waals surface area contributed by atoms with Gasteiger partial charge in [0.2, 0.25) is 0 Å². The Morgan fingerprint density at radius 1 is 1.11 bits per heavy atom. The Labute approximate surface area is 202 Å². The summed E-state index contributed by atoms with van der Waals surface area (Å²) in [6, 6.07) is 11.4. The minimum absolute atomic E-state index is 0.180. The summed E-state index contributed by atoms with van der Waals surface area (Å²) in [6.07, 6.45) is 1.26. The lowest BCUT2D eigenvalue weighted by Crippen LogP contribution is -2.46. The van der Waals surface area contributed by atoms with Crippen LogP contribution in [0.25, 0.3) is 21.9 Å². The van der Waals surface area contributed by atoms with Crippen LogP contribution in [0.2, 0.25) is 0 Å². The first-order valence-corrected chi connectivity index (χ1v) is 11.3. The number of aryl methyl sites for hydroxylation is 2. The molecular formula is C27H28N2O6. The number of esters is 1. The molecule has 4 aromatic rings. The van der Waals surface area contributed by atoms with Crippen molar-refractivity contribution in [2.24, 2.45) is 0 Å². The molecule has 2 aromatic carbocycles. The topological polar surface area (TPSA) is 111 Å². The average Bonchev–Trinajstić information content (AvgIpc) is 3.14. The molecule has 8 nitrogen and oxygen atoms in total. The van der Waals surface area contributed by atoms with E-state index in [-0.39, 0.29) is 12.2 Å². The number of amides is 1. The van der Waals surface area contributed by atoms with E-state index in [1.165, 1.54) is 6.07 Å². The molecule has 2 N–H and O–H groups in total. The summed E-state index contributed by atoms with van der Waals surface area (Å²) < 4.78 is 16.5. The van der Waals surface area contributed by atoms with Gasteiger partial charge in [-0.05, 0) is 69.5 Å². The van der Waals surface area contributed by atoms with Crippen molar-refractivity contribution in [3.05, 3.63) is 75.8 Å². The Balaban J connectivity index is 1.68. The fourth-order valence-electron chi connectivity index (χ4n) is 4.00. The van der Waals surface area contributed by atoms with Gasteiger partial charge in [0.1, 0.15) is 23.0 Å². The van der Waals surface area contributed by atoms with Gasteiger partial charge in [-0.3, -0.25) is 0 Å². The summed E-state index contributed by atoms with van der Waals surface area (Å²) in [5.74, 6) is -0.417. The largest absolute Gasteiger partial charge is 0.444 e. The zero-order chi connectivity index (χ0) is 25.3. The number of hydrogen-bond acceptors (Lipinski definition) is 6. The highest BCUT2D eigenvalue weighted by molar-refractivity contribution is 5.92. The Kier molecular flexibility index (Phi) is 6.39. The number of rotatable bonds is 5. The van der Waals surface area contributed by atoms with E-state index in [1.54, 1.807) is 39.8 Å². The van der Waals surface area contributed by atoms with Crippen LogP contribution in [0.1, 0.15) is 37.5 Å². The van der Waals surface area contributed by atoms with Crippen LogP contribution >= 0.6 is 0 Å². The van der Waals surface area contributed by atoms with Crippen molar-refractivity contribution in [3.63, 3.8) is 0 Å². The Morgan fingerprint density at radius 3 is 2.60 bits per heavy atom. The first kappa shape index (κ1) is 24.1. The second-order valence-electron chi connectivity index (χ2n) is 9.57. The predicted octanol–water partition coefficient (Wildman–Crippen LogP) is 4.93. The van der Waals surface area contributed by atoms with Crippen LogP contribution in [-0.2, 0) is 16.0 Å². The van der Waals surface area contributed by atoms with Gasteiger partial charge in [-0.1, -0.05) is 18.2 Å². The van der Waals surface area contributed by atoms with E-state index in [1.807, 2.05) is 37.4 Å². The molecule has 0 aliphatic carbocycles. The number of aromatic amines is 1. The molecule has 0 radical (unpaired) electrons. The van der Waals surface area contributed by atoms with Crippen molar-refractivity contribution < 1.29 is 23.5 Å². The quantitative estimate of drug-likeness (QED) is 0.240. The molecule has 0 aliphatic rings. The third-order valence-corrected chi connectivity index (χ3v) is 5.43. The number of H-pyrrole nitrogens is 1. The molecule has 182 valence electrons. The molecule has 0 fully saturated rings. The maximum atomic E-state index is 13.4. The molecule has 0 saturated carbocycles. The Bertz CT molecular complexity index is 1470. The van der Waals surface area contributed by atoms with Crippen molar-refractivity contribution >= 4 is 33.9 Å². The first-order chi connectivity index (χ1) is 16.5. The highest BCUT2D eigenvalue weighted by atomic mass is 16.6. The fraction of sp³-hybridized carbons (Fsp3) is 0.296. The highest BCUT2D eigenvalue weighted by Crippen LogP contribution is 2.30. The van der Waals surface area contributed by atoms with E-state index in [4.69, 9.17) is 13.9 Å². The minimum atomic E-state index is -1.03. The lowest BCUT2D eigenvalue weighted by atomic mass is 10.0. The summed E-state index contributed by atoms with van der Waals surface area (Å²) >= 11 is 0. The van der Waals surface area contributed by atoms with Crippen molar-refractivity contribution in [3.8, 4) is 5.75 Å². The molecule has 8 heteroatoms. The zero-order valence-corrected chi connectivity index (χ0v) is 20.4. The smallest absolute Gasteiger partial charge is 0.408 e. The fourth-order valence-corrected chi connectivity index (χ4v) is 4.00. The van der Waals surface area contributed by atoms with E-state index in [0.29, 0.717) is 16.5 Å². The number of carbonyl (C=O) groups is 2. The number of aromatic nitrogens is 1. The van der Waals surface area contributed by atoms with Gasteiger partial charge in [0.15, 0.2) is 0 Å². The van der Waals surface area contributed by atoms with Crippen molar-refractivity contribution in [2.75, 3.05) is 0 Å². The van der Waals surface area contributed by atoms with Crippen LogP contribution in [0.5, 0.6) is 5.75 Å². The molecule has 1 atom stereocenters. The van der Waals surface area contributed by atoms with Crippen LogP contribution in [0.3, 0.4) is 0 Å². The molecule has 35 heavy (non-hydrogen) atoms. The van der Waals surface area contributed by atoms with Gasteiger partial charge < -0.3 is 24.2 Å². The van der Waals surface area contributed by atoms with Crippen molar-refractivity contribution in [1.82, 2.24) is 10.3 Å². The highest BCUT2D eigenvalue weighted by Gasteiger charge is 2.28. The van der Waals surface area contributed by atoms with Crippen LogP contribution in [0, 0.1) is 13.8 Å². The van der Waals surface area contributed by atoms with Crippen LogP contribution in [0.4, 0.5) is 4.79 Å². The van der Waals surface area contributed by atoms with E-state index in [9.17, 15) is 14.4 Å². The van der Waals surface area contributed by atoms with Crippen molar-refractivity contribution in [1.29, 1.82) is 0 Å². The van der Waals surface area contributed by atoms with E-state index >= 15 is 0 Å². The predicted molar refractivity (Wildman–Crippen MR) is 133 cm³/mol. The van der Waals surface area contributed by atoms with Gasteiger partial charge in [0.05, 0.1) is 5.39 Å². The number of hydrogen-bond donors (Lipinski definition) is 2. The average molecular weight is 477 g/mol.